The number of alkyl halides is 2. The van der Waals surface area contributed by atoms with Crippen LogP contribution in [0, 0.1) is 0 Å². The Labute approximate surface area is 162 Å². The monoisotopic (exact) mass is 462 g/mol. The van der Waals surface area contributed by atoms with Gasteiger partial charge in [-0.1, -0.05) is 18.2 Å². The fraction of sp³-hybridized carbons (Fsp3) is 0.294. The average molecular weight is 462 g/mol. The quantitative estimate of drug-likeness (QED) is 0.376. The summed E-state index contributed by atoms with van der Waals surface area (Å²) in [5, 5.41) is 6.31. The van der Waals surface area contributed by atoms with Crippen LogP contribution in [0.2, 0.25) is 0 Å². The molecule has 1 aromatic heterocycles. The van der Waals surface area contributed by atoms with Gasteiger partial charge in [0.15, 0.2) is 5.96 Å². The minimum atomic E-state index is -2.83. The number of hydrogen-bond donors (Lipinski definition) is 2. The molecule has 2 rings (SSSR count). The van der Waals surface area contributed by atoms with Crippen LogP contribution >= 0.6 is 24.0 Å². The Hall–Kier alpha value is -1.97. The van der Waals surface area contributed by atoms with Crippen LogP contribution in [0.4, 0.5) is 8.78 Å². The van der Waals surface area contributed by atoms with Crippen LogP contribution in [0.15, 0.2) is 53.7 Å². The molecule has 0 unspecified atom stereocenters. The molecule has 5 nitrogen and oxygen atoms in total. The smallest absolute Gasteiger partial charge is 0.387 e. The first-order valence-corrected chi connectivity index (χ1v) is 7.63. The first-order valence-electron chi connectivity index (χ1n) is 7.63. The maximum atomic E-state index is 12.3. The van der Waals surface area contributed by atoms with Crippen molar-refractivity contribution in [3.05, 3.63) is 59.9 Å². The molecule has 2 N–H and O–H groups in total. The highest BCUT2D eigenvalue weighted by Crippen LogP contribution is 2.16. The van der Waals surface area contributed by atoms with Gasteiger partial charge in [0.25, 0.3) is 0 Å². The number of nitrogens with zero attached hydrogens (tertiary/aromatic N) is 2. The van der Waals surface area contributed by atoms with Crippen LogP contribution in [0.1, 0.15) is 18.2 Å². The standard InChI is InChI=1S/C17H20F2N4O.HI/c1-2-20-17(23-12-14-7-3-4-9-21-14)22-11-13-6-5-8-15(10-13)24-16(18)19;/h3-10,16H,2,11-12H2,1H3,(H2,20,22,23);1H. The predicted molar refractivity (Wildman–Crippen MR) is 104 cm³/mol. The average Bonchev–Trinajstić information content (AvgIpc) is 2.58. The Kier molecular flexibility index (Phi) is 9.75. The van der Waals surface area contributed by atoms with Gasteiger partial charge in [-0.3, -0.25) is 4.98 Å². The molecule has 0 atom stereocenters. The number of nitrogens with one attached hydrogen (secondary N) is 2. The van der Waals surface area contributed by atoms with Crippen molar-refractivity contribution in [1.29, 1.82) is 0 Å². The predicted octanol–water partition coefficient (Wildman–Crippen LogP) is 3.56. The van der Waals surface area contributed by atoms with Gasteiger partial charge in [-0.15, -0.1) is 24.0 Å². The minimum absolute atomic E-state index is 0. The van der Waals surface area contributed by atoms with E-state index in [0.29, 0.717) is 25.6 Å². The fourth-order valence-corrected chi connectivity index (χ4v) is 2.01. The summed E-state index contributed by atoms with van der Waals surface area (Å²) in [5.41, 5.74) is 1.68. The van der Waals surface area contributed by atoms with Crippen LogP contribution in [-0.4, -0.2) is 24.1 Å². The normalized spacial score (nSPS) is 11.0. The van der Waals surface area contributed by atoms with Gasteiger partial charge in [-0.2, -0.15) is 8.78 Å². The summed E-state index contributed by atoms with van der Waals surface area (Å²) in [6, 6.07) is 12.2. The lowest BCUT2D eigenvalue weighted by molar-refractivity contribution is -0.0498. The molecule has 0 bridgehead atoms. The molecular weight excluding hydrogens is 441 g/mol. The van der Waals surface area contributed by atoms with Gasteiger partial charge in [0.05, 0.1) is 18.8 Å². The molecule has 0 aliphatic carbocycles. The highest BCUT2D eigenvalue weighted by Gasteiger charge is 2.05. The lowest BCUT2D eigenvalue weighted by Gasteiger charge is -2.11. The van der Waals surface area contributed by atoms with Gasteiger partial charge >= 0.3 is 6.61 Å². The van der Waals surface area contributed by atoms with Crippen molar-refractivity contribution in [2.45, 2.75) is 26.6 Å². The zero-order valence-electron chi connectivity index (χ0n) is 13.8. The third kappa shape index (κ3) is 8.10. The summed E-state index contributed by atoms with van der Waals surface area (Å²) in [5.74, 6) is 0.757. The van der Waals surface area contributed by atoms with Gasteiger partial charge < -0.3 is 15.4 Å². The SMILES string of the molecule is CCNC(=NCc1cccc(OC(F)F)c1)NCc1ccccn1.I. The fourth-order valence-electron chi connectivity index (χ4n) is 2.01. The van der Waals surface area contributed by atoms with E-state index in [1.54, 1.807) is 18.3 Å². The molecular formula is C17H21F2IN4O. The van der Waals surface area contributed by atoms with E-state index < -0.39 is 6.61 Å². The van der Waals surface area contributed by atoms with Gasteiger partial charge in [0.1, 0.15) is 5.75 Å². The molecule has 0 aliphatic rings. The van der Waals surface area contributed by atoms with Crippen molar-refractivity contribution in [1.82, 2.24) is 15.6 Å². The van der Waals surface area contributed by atoms with Gasteiger partial charge in [-0.25, -0.2) is 4.99 Å². The molecule has 0 saturated carbocycles. The molecule has 0 saturated heterocycles. The maximum Gasteiger partial charge on any atom is 0.387 e. The molecule has 2 aromatic rings. The number of pyridine rings is 1. The topological polar surface area (TPSA) is 58.5 Å². The van der Waals surface area contributed by atoms with Crippen LogP contribution in [0.3, 0.4) is 0 Å². The molecule has 0 fully saturated rings. The second-order valence-corrected chi connectivity index (χ2v) is 4.90. The van der Waals surface area contributed by atoms with Crippen LogP contribution in [-0.2, 0) is 13.1 Å². The number of aromatic nitrogens is 1. The highest BCUT2D eigenvalue weighted by atomic mass is 127. The summed E-state index contributed by atoms with van der Waals surface area (Å²) < 4.78 is 28.9. The molecule has 1 heterocycles. The van der Waals surface area contributed by atoms with Gasteiger partial charge in [0, 0.05) is 12.7 Å². The summed E-state index contributed by atoms with van der Waals surface area (Å²) in [6.07, 6.45) is 1.73. The van der Waals surface area contributed by atoms with Crippen LogP contribution < -0.4 is 15.4 Å². The van der Waals surface area contributed by atoms with E-state index in [4.69, 9.17) is 0 Å². The summed E-state index contributed by atoms with van der Waals surface area (Å²) >= 11 is 0. The highest BCUT2D eigenvalue weighted by molar-refractivity contribution is 14.0. The zero-order chi connectivity index (χ0) is 17.2. The van der Waals surface area contributed by atoms with E-state index in [0.717, 1.165) is 11.3 Å². The zero-order valence-corrected chi connectivity index (χ0v) is 16.1. The third-order valence-corrected chi connectivity index (χ3v) is 3.05. The molecule has 0 amide bonds. The lowest BCUT2D eigenvalue weighted by atomic mass is 10.2. The number of guanidine groups is 1. The molecule has 1 aromatic carbocycles. The largest absolute Gasteiger partial charge is 0.435 e. The second-order valence-electron chi connectivity index (χ2n) is 4.90. The number of rotatable bonds is 7. The van der Waals surface area contributed by atoms with E-state index >= 15 is 0 Å². The summed E-state index contributed by atoms with van der Waals surface area (Å²) in [7, 11) is 0. The Morgan fingerprint density at radius 2 is 2.04 bits per heavy atom. The van der Waals surface area contributed by atoms with Crippen LogP contribution in [0.25, 0.3) is 0 Å². The molecule has 0 aliphatic heterocycles. The second kappa shape index (κ2) is 11.6. The Bertz CT molecular complexity index is 656. The minimum Gasteiger partial charge on any atom is -0.435 e. The van der Waals surface area contributed by atoms with E-state index in [9.17, 15) is 8.78 Å². The molecule has 0 radical (unpaired) electrons. The first kappa shape index (κ1) is 21.1. The van der Waals surface area contributed by atoms with E-state index in [1.165, 1.54) is 6.07 Å². The molecule has 8 heteroatoms. The number of aliphatic imine (C=N–C) groups is 1. The number of hydrogen-bond acceptors (Lipinski definition) is 3. The van der Waals surface area contributed by atoms with Gasteiger partial charge in [-0.05, 0) is 36.8 Å². The van der Waals surface area contributed by atoms with E-state index in [2.05, 4.69) is 25.3 Å². The molecule has 25 heavy (non-hydrogen) atoms. The lowest BCUT2D eigenvalue weighted by Crippen LogP contribution is -2.37. The Morgan fingerprint density at radius 1 is 1.20 bits per heavy atom. The van der Waals surface area contributed by atoms with Crippen molar-refractivity contribution in [2.24, 2.45) is 4.99 Å². The van der Waals surface area contributed by atoms with Crippen molar-refractivity contribution < 1.29 is 13.5 Å². The Balaban J connectivity index is 0.00000312. The number of benzene rings is 1. The maximum absolute atomic E-state index is 12.3. The first-order chi connectivity index (χ1) is 11.7. The number of halogens is 3. The van der Waals surface area contributed by atoms with E-state index in [-0.39, 0.29) is 29.7 Å². The van der Waals surface area contributed by atoms with Crippen molar-refractivity contribution in [2.75, 3.05) is 6.54 Å². The van der Waals surface area contributed by atoms with Crippen molar-refractivity contribution >= 4 is 29.9 Å². The number of ether oxygens (including phenoxy) is 1. The van der Waals surface area contributed by atoms with Crippen LogP contribution in [0.5, 0.6) is 5.75 Å². The van der Waals surface area contributed by atoms with Crippen molar-refractivity contribution in [3.8, 4) is 5.75 Å². The molecule has 136 valence electrons. The third-order valence-electron chi connectivity index (χ3n) is 3.05. The molecule has 0 spiro atoms. The van der Waals surface area contributed by atoms with Gasteiger partial charge in [0.2, 0.25) is 0 Å². The Morgan fingerprint density at radius 3 is 2.72 bits per heavy atom. The summed E-state index contributed by atoms with van der Waals surface area (Å²) in [6.45, 7) is 0.734. The summed E-state index contributed by atoms with van der Waals surface area (Å²) in [4.78, 5) is 8.68. The van der Waals surface area contributed by atoms with Crippen molar-refractivity contribution in [3.63, 3.8) is 0 Å². The van der Waals surface area contributed by atoms with E-state index in [1.807, 2.05) is 31.2 Å².